The van der Waals surface area contributed by atoms with E-state index in [1.165, 1.54) is 18.0 Å². The lowest BCUT2D eigenvalue weighted by Gasteiger charge is -2.21. The number of hydrogen-bond donors (Lipinski definition) is 2. The van der Waals surface area contributed by atoms with E-state index in [2.05, 4.69) is 15.5 Å². The molecule has 0 saturated carbocycles. The van der Waals surface area contributed by atoms with Crippen molar-refractivity contribution < 1.29 is 32.2 Å². The molecule has 0 fully saturated rings. The summed E-state index contributed by atoms with van der Waals surface area (Å²) < 4.78 is 61.2. The predicted molar refractivity (Wildman–Crippen MR) is 133 cm³/mol. The minimum Gasteiger partial charge on any atom is -0.483 e. The van der Waals surface area contributed by atoms with Crippen LogP contribution in [0.4, 0.5) is 34.8 Å². The van der Waals surface area contributed by atoms with Gasteiger partial charge < -0.3 is 20.1 Å². The van der Waals surface area contributed by atoms with Crippen molar-refractivity contribution in [1.82, 2.24) is 14.7 Å². The largest absolute Gasteiger partial charge is 0.483 e. The van der Waals surface area contributed by atoms with Gasteiger partial charge in [-0.1, -0.05) is 0 Å². The van der Waals surface area contributed by atoms with Crippen LogP contribution >= 0.6 is 0 Å². The number of halogens is 4. The van der Waals surface area contributed by atoms with Crippen LogP contribution in [0.15, 0.2) is 29.4 Å². The van der Waals surface area contributed by atoms with Gasteiger partial charge in [0.15, 0.2) is 24.1 Å². The number of benzene rings is 2. The van der Waals surface area contributed by atoms with E-state index in [9.17, 15) is 23.1 Å². The highest BCUT2D eigenvalue weighted by atomic mass is 19.4. The molecule has 0 spiro atoms. The average molecular weight is 536 g/mol. The van der Waals surface area contributed by atoms with Crippen LogP contribution in [0.3, 0.4) is 0 Å². The number of amidine groups is 1. The minimum absolute atomic E-state index is 0.0131. The lowest BCUT2D eigenvalue weighted by Crippen LogP contribution is -2.32. The van der Waals surface area contributed by atoms with Crippen LogP contribution in [0, 0.1) is 24.1 Å². The van der Waals surface area contributed by atoms with E-state index in [-0.39, 0.29) is 29.0 Å². The first-order valence-electron chi connectivity index (χ1n) is 11.2. The Balaban J connectivity index is 2.24. The molecule has 0 aliphatic heterocycles. The zero-order valence-electron chi connectivity index (χ0n) is 21.0. The molecule has 0 radical (unpaired) electrons. The number of nitrogens with one attached hydrogen (secondary N) is 1. The molecule has 0 atom stereocenters. The highest BCUT2D eigenvalue weighted by molar-refractivity contribution is 6.01. The van der Waals surface area contributed by atoms with Crippen molar-refractivity contribution in [2.24, 2.45) is 12.1 Å². The second-order valence-electron chi connectivity index (χ2n) is 8.21. The van der Waals surface area contributed by atoms with Crippen molar-refractivity contribution in [1.29, 1.82) is 5.26 Å². The first-order chi connectivity index (χ1) is 17.9. The van der Waals surface area contributed by atoms with Gasteiger partial charge in [0, 0.05) is 32.4 Å². The van der Waals surface area contributed by atoms with Crippen LogP contribution in [0.1, 0.15) is 18.1 Å². The Morgan fingerprint density at radius 1 is 1.37 bits per heavy atom. The number of carbonyl (C=O) groups is 1. The topological polar surface area (TPSA) is 119 Å². The van der Waals surface area contributed by atoms with Crippen molar-refractivity contribution in [3.63, 3.8) is 0 Å². The van der Waals surface area contributed by atoms with Crippen molar-refractivity contribution in [3.05, 3.63) is 41.2 Å². The summed E-state index contributed by atoms with van der Waals surface area (Å²) in [6.07, 6.45) is -4.55. The van der Waals surface area contributed by atoms with E-state index in [4.69, 9.17) is 10.00 Å². The number of carbonyl (C=O) groups excluding carboxylic acids is 1. The summed E-state index contributed by atoms with van der Waals surface area (Å²) in [6.45, 7) is 1.59. The van der Waals surface area contributed by atoms with Gasteiger partial charge in [-0.25, -0.2) is 4.39 Å². The quantitative estimate of drug-likeness (QED) is 0.141. The maximum absolute atomic E-state index is 15.8. The summed E-state index contributed by atoms with van der Waals surface area (Å²) in [5, 5.41) is 30.3. The van der Waals surface area contributed by atoms with Crippen molar-refractivity contribution >= 4 is 40.3 Å². The third-order valence-electron chi connectivity index (χ3n) is 5.62. The number of nitriles is 1. The second-order valence-corrected chi connectivity index (χ2v) is 8.21. The minimum atomic E-state index is -4.71. The number of anilines is 3. The summed E-state index contributed by atoms with van der Waals surface area (Å²) in [7, 11) is 2.96. The van der Waals surface area contributed by atoms with E-state index < -0.39 is 36.6 Å². The molecule has 0 aliphatic rings. The second kappa shape index (κ2) is 11.3. The Labute approximate surface area is 215 Å². The molecule has 0 aliphatic carbocycles. The number of aryl methyl sites for hydroxylation is 2. The lowest BCUT2D eigenvalue weighted by molar-refractivity contribution is -0.153. The normalized spacial score (nSPS) is 11.8. The fourth-order valence-electron chi connectivity index (χ4n) is 3.59. The van der Waals surface area contributed by atoms with Crippen molar-refractivity contribution in [2.45, 2.75) is 20.0 Å². The number of amides is 1. The molecule has 14 heteroatoms. The Morgan fingerprint density at radius 2 is 2.08 bits per heavy atom. The van der Waals surface area contributed by atoms with Crippen LogP contribution in [-0.4, -0.2) is 65.0 Å². The van der Waals surface area contributed by atoms with E-state index in [0.717, 1.165) is 10.7 Å². The number of likely N-dealkylation sites (N-methyl/N-ethyl adjacent to an activating group) is 1. The van der Waals surface area contributed by atoms with Crippen LogP contribution < -0.4 is 15.1 Å². The molecule has 0 saturated heterocycles. The zero-order chi connectivity index (χ0) is 28.2. The number of hydrazone groups is 1. The Bertz CT molecular complexity index is 1410. The van der Waals surface area contributed by atoms with E-state index in [0.29, 0.717) is 28.4 Å². The third kappa shape index (κ3) is 5.94. The molecule has 1 heterocycles. The number of alkyl halides is 3. The fourth-order valence-corrected chi connectivity index (χ4v) is 3.59. The van der Waals surface area contributed by atoms with Gasteiger partial charge in [-0.05, 0) is 37.6 Å². The zero-order valence-corrected chi connectivity index (χ0v) is 21.0. The molecule has 0 unspecified atom stereocenters. The van der Waals surface area contributed by atoms with Crippen LogP contribution in [0.25, 0.3) is 10.9 Å². The van der Waals surface area contributed by atoms with Gasteiger partial charge in [-0.15, -0.1) is 5.10 Å². The number of aliphatic hydroxyl groups excluding tert-OH is 1. The standard InChI is InChI=1S/C24H25F4N7O3/c1-5-33(3)19(11-36)31-35(13-37)17-9-18(38-12-24(26,27)28)20-22(21(17)25)34(4)32-23(20)30-16-7-6-15(10-29)8-14(16)2/h6-9,13,36H,5,11-12H2,1-4H3,(H,30,32)/b31-19-. The Hall–Kier alpha value is -4.38. The molecule has 202 valence electrons. The molecule has 2 aromatic carbocycles. The first-order valence-corrected chi connectivity index (χ1v) is 11.2. The Kier molecular flexibility index (Phi) is 8.42. The lowest BCUT2D eigenvalue weighted by atomic mass is 10.1. The smallest absolute Gasteiger partial charge is 0.422 e. The number of fused-ring (bicyclic) bond motifs is 1. The van der Waals surface area contributed by atoms with E-state index in [1.807, 2.05) is 6.07 Å². The average Bonchev–Trinajstić information content (AvgIpc) is 3.21. The molecule has 0 bridgehead atoms. The molecule has 2 N–H and O–H groups in total. The maximum Gasteiger partial charge on any atom is 0.422 e. The first kappa shape index (κ1) is 28.2. The number of aromatic nitrogens is 2. The third-order valence-corrected chi connectivity index (χ3v) is 5.62. The van der Waals surface area contributed by atoms with Crippen LogP contribution in [0.2, 0.25) is 0 Å². The molecule has 38 heavy (non-hydrogen) atoms. The van der Waals surface area contributed by atoms with Crippen LogP contribution in [0.5, 0.6) is 5.75 Å². The molecule has 3 aromatic rings. The van der Waals surface area contributed by atoms with E-state index in [1.54, 1.807) is 33.0 Å². The summed E-state index contributed by atoms with van der Waals surface area (Å²) in [4.78, 5) is 13.4. The van der Waals surface area contributed by atoms with Crippen molar-refractivity contribution in [2.75, 3.05) is 37.1 Å². The van der Waals surface area contributed by atoms with Gasteiger partial charge in [0.1, 0.15) is 23.6 Å². The van der Waals surface area contributed by atoms with Gasteiger partial charge in [0.25, 0.3) is 0 Å². The predicted octanol–water partition coefficient (Wildman–Crippen LogP) is 3.80. The van der Waals surface area contributed by atoms with Gasteiger partial charge in [0.2, 0.25) is 6.41 Å². The highest BCUT2D eigenvalue weighted by Gasteiger charge is 2.31. The highest BCUT2D eigenvalue weighted by Crippen LogP contribution is 2.41. The molecule has 1 aromatic heterocycles. The molecule has 3 rings (SSSR count). The molecular formula is C24H25F4N7O3. The van der Waals surface area contributed by atoms with E-state index >= 15 is 4.39 Å². The number of aliphatic hydroxyl groups is 1. The number of nitrogens with zero attached hydrogens (tertiary/aromatic N) is 6. The number of ether oxygens (including phenoxy) is 1. The summed E-state index contributed by atoms with van der Waals surface area (Å²) in [5.74, 6) is -1.42. The molecule has 1 amide bonds. The fraction of sp³-hybridized carbons (Fsp3) is 0.333. The molecule has 10 nitrogen and oxygen atoms in total. The van der Waals surface area contributed by atoms with Gasteiger partial charge in [-0.2, -0.15) is 28.5 Å². The number of rotatable bonds is 9. The number of hydrogen-bond acceptors (Lipinski definition) is 7. The molecular weight excluding hydrogens is 510 g/mol. The maximum atomic E-state index is 15.8. The van der Waals surface area contributed by atoms with Crippen molar-refractivity contribution in [3.8, 4) is 11.8 Å². The summed E-state index contributed by atoms with van der Waals surface area (Å²) in [5.41, 5.74) is 0.740. The Morgan fingerprint density at radius 3 is 2.63 bits per heavy atom. The summed E-state index contributed by atoms with van der Waals surface area (Å²) in [6, 6.07) is 7.63. The monoisotopic (exact) mass is 535 g/mol. The van der Waals surface area contributed by atoms with Gasteiger partial charge in [0.05, 0.1) is 17.0 Å². The van der Waals surface area contributed by atoms with Crippen LogP contribution in [-0.2, 0) is 11.8 Å². The summed E-state index contributed by atoms with van der Waals surface area (Å²) >= 11 is 0. The van der Waals surface area contributed by atoms with Gasteiger partial charge >= 0.3 is 6.18 Å². The SMILES string of the molecule is CCN(C)/C(CO)=N\N(C=O)c1cc(OCC(F)(F)F)c2c(Nc3ccc(C#N)cc3C)nn(C)c2c1F. The van der Waals surface area contributed by atoms with Gasteiger partial charge in [-0.3, -0.25) is 9.48 Å².